The third-order valence-corrected chi connectivity index (χ3v) is 2.73. The van der Waals surface area contributed by atoms with Crippen LogP contribution < -0.4 is 10.5 Å². The highest BCUT2D eigenvalue weighted by Crippen LogP contribution is 2.28. The number of nitrogen functional groups attached to an aromatic ring is 1. The van der Waals surface area contributed by atoms with Gasteiger partial charge in [-0.3, -0.25) is 0 Å². The molecular weight excluding hydrogens is 218 g/mol. The van der Waals surface area contributed by atoms with Crippen LogP contribution in [0, 0.1) is 0 Å². The third kappa shape index (κ3) is 1.60. The molecule has 5 nitrogen and oxygen atoms in total. The topological polar surface area (TPSA) is 87.1 Å². The van der Waals surface area contributed by atoms with E-state index in [1.165, 1.54) is 0 Å². The van der Waals surface area contributed by atoms with Gasteiger partial charge in [0.15, 0.2) is 5.88 Å². The van der Waals surface area contributed by atoms with E-state index < -0.39 is 0 Å². The van der Waals surface area contributed by atoms with Crippen LogP contribution in [0.2, 0.25) is 0 Å². The molecule has 0 unspecified atom stereocenters. The van der Waals surface area contributed by atoms with Crippen molar-refractivity contribution in [2.45, 2.75) is 0 Å². The van der Waals surface area contributed by atoms with Crippen LogP contribution in [0.25, 0.3) is 21.8 Å². The number of hydrogen-bond acceptors (Lipinski definition) is 3. The zero-order chi connectivity index (χ0) is 11.8. The van der Waals surface area contributed by atoms with Crippen LogP contribution in [0.4, 0.5) is 5.82 Å². The van der Waals surface area contributed by atoms with Crippen molar-refractivity contribution < 1.29 is 9.84 Å². The molecule has 0 atom stereocenters. The smallest absolute Gasteiger partial charge is 0.191 e. The van der Waals surface area contributed by atoms with Crippen molar-refractivity contribution in [2.24, 2.45) is 0 Å². The minimum atomic E-state index is 0.000224. The lowest BCUT2D eigenvalue weighted by Crippen LogP contribution is -2.01. The van der Waals surface area contributed by atoms with Crippen LogP contribution in [-0.2, 0) is 0 Å². The second kappa shape index (κ2) is 3.71. The fourth-order valence-electron chi connectivity index (χ4n) is 2.03. The molecule has 5 heteroatoms. The molecule has 5 N–H and O–H groups in total. The van der Waals surface area contributed by atoms with Gasteiger partial charge < -0.3 is 25.5 Å². The lowest BCUT2D eigenvalue weighted by molar-refractivity contribution is 0.197. The van der Waals surface area contributed by atoms with Gasteiger partial charge in [-0.05, 0) is 6.07 Å². The molecule has 0 amide bonds. The molecule has 3 rings (SSSR count). The molecule has 2 aromatic heterocycles. The molecular formula is C12H13N3O2. The van der Waals surface area contributed by atoms with E-state index in [1.54, 1.807) is 0 Å². The van der Waals surface area contributed by atoms with Gasteiger partial charge in [-0.1, -0.05) is 12.1 Å². The van der Waals surface area contributed by atoms with Crippen molar-refractivity contribution >= 4 is 27.6 Å². The molecule has 0 spiro atoms. The molecule has 0 aliphatic rings. The summed E-state index contributed by atoms with van der Waals surface area (Å²) in [5.41, 5.74) is 7.67. The van der Waals surface area contributed by atoms with Crippen molar-refractivity contribution in [1.29, 1.82) is 0 Å². The van der Waals surface area contributed by atoms with Gasteiger partial charge in [0, 0.05) is 16.8 Å². The van der Waals surface area contributed by atoms with Gasteiger partial charge in [0.2, 0.25) is 0 Å². The first-order valence-corrected chi connectivity index (χ1v) is 5.41. The van der Waals surface area contributed by atoms with E-state index in [4.69, 9.17) is 15.6 Å². The Kier molecular flexibility index (Phi) is 2.19. The molecule has 0 bridgehead atoms. The van der Waals surface area contributed by atoms with Crippen LogP contribution in [0.1, 0.15) is 0 Å². The summed E-state index contributed by atoms with van der Waals surface area (Å²) in [5.74, 6) is 1.29. The monoisotopic (exact) mass is 231 g/mol. The fourth-order valence-corrected chi connectivity index (χ4v) is 2.03. The number of ether oxygens (including phenoxy) is 1. The van der Waals surface area contributed by atoms with Gasteiger partial charge in [-0.2, -0.15) is 0 Å². The van der Waals surface area contributed by atoms with E-state index in [2.05, 4.69) is 9.97 Å². The average Bonchev–Trinajstić information content (AvgIpc) is 2.87. The first-order chi connectivity index (χ1) is 8.28. The van der Waals surface area contributed by atoms with Gasteiger partial charge >= 0.3 is 0 Å². The average molecular weight is 231 g/mol. The Morgan fingerprint density at radius 1 is 1.12 bits per heavy atom. The number of aliphatic hydroxyl groups excluding tert-OH is 1. The lowest BCUT2D eigenvalue weighted by atomic mass is 10.2. The van der Waals surface area contributed by atoms with Crippen LogP contribution in [0.15, 0.2) is 24.3 Å². The Hall–Kier alpha value is -2.14. The van der Waals surface area contributed by atoms with E-state index in [1.807, 2.05) is 24.3 Å². The van der Waals surface area contributed by atoms with Crippen molar-refractivity contribution in [2.75, 3.05) is 18.9 Å². The van der Waals surface area contributed by atoms with Crippen LogP contribution >= 0.6 is 0 Å². The maximum atomic E-state index is 8.72. The maximum absolute atomic E-state index is 8.72. The Balaban J connectivity index is 2.16. The Labute approximate surface area is 97.2 Å². The maximum Gasteiger partial charge on any atom is 0.191 e. The normalized spacial score (nSPS) is 11.4. The Morgan fingerprint density at radius 3 is 2.59 bits per heavy atom. The number of nitrogens with one attached hydrogen (secondary N) is 2. The van der Waals surface area contributed by atoms with E-state index in [9.17, 15) is 0 Å². The summed E-state index contributed by atoms with van der Waals surface area (Å²) in [6.45, 7) is 0.281. The summed E-state index contributed by atoms with van der Waals surface area (Å²) in [4.78, 5) is 6.28. The molecule has 1 aromatic carbocycles. The van der Waals surface area contributed by atoms with Gasteiger partial charge in [-0.15, -0.1) is 0 Å². The summed E-state index contributed by atoms with van der Waals surface area (Å²) < 4.78 is 5.35. The summed E-state index contributed by atoms with van der Waals surface area (Å²) in [7, 11) is 0. The molecule has 0 aliphatic heterocycles. The number of aromatic nitrogens is 2. The summed E-state index contributed by atoms with van der Waals surface area (Å²) in [5, 5.41) is 10.8. The van der Waals surface area contributed by atoms with Gasteiger partial charge in [0.05, 0.1) is 17.6 Å². The molecule has 3 aromatic rings. The van der Waals surface area contributed by atoms with E-state index in [0.717, 1.165) is 21.8 Å². The highest BCUT2D eigenvalue weighted by molar-refractivity contribution is 6.05. The number of rotatable bonds is 3. The van der Waals surface area contributed by atoms with Crippen LogP contribution in [0.5, 0.6) is 5.88 Å². The van der Waals surface area contributed by atoms with Crippen LogP contribution in [-0.4, -0.2) is 28.3 Å². The molecule has 0 saturated carbocycles. The Bertz CT molecular complexity index is 669. The molecule has 2 heterocycles. The summed E-state index contributed by atoms with van der Waals surface area (Å²) in [6.07, 6.45) is 0. The van der Waals surface area contributed by atoms with E-state index in [-0.39, 0.29) is 13.2 Å². The van der Waals surface area contributed by atoms with Gasteiger partial charge in [-0.25, -0.2) is 0 Å². The second-order valence-corrected chi connectivity index (χ2v) is 3.92. The van der Waals surface area contributed by atoms with E-state index >= 15 is 0 Å². The largest absolute Gasteiger partial charge is 0.477 e. The molecule has 0 aliphatic carbocycles. The van der Waals surface area contributed by atoms with Crippen molar-refractivity contribution in [3.8, 4) is 5.88 Å². The number of aliphatic hydroxyl groups is 1. The molecule has 17 heavy (non-hydrogen) atoms. The number of anilines is 1. The highest BCUT2D eigenvalue weighted by Gasteiger charge is 2.07. The zero-order valence-corrected chi connectivity index (χ0v) is 9.16. The standard InChI is InChI=1S/C12H13N3O2/c13-9-5-7-1-2-8-6-10(17-4-3-16)15-12(8)11(7)14-9/h1-2,5-6,14-16H,3-4,13H2. The number of fused-ring (bicyclic) bond motifs is 3. The number of nitrogens with two attached hydrogens (primary N) is 1. The predicted molar refractivity (Wildman–Crippen MR) is 67.1 cm³/mol. The van der Waals surface area contributed by atoms with Crippen LogP contribution in [0.3, 0.4) is 0 Å². The number of hydrogen-bond donors (Lipinski definition) is 4. The van der Waals surface area contributed by atoms with Crippen molar-refractivity contribution in [3.05, 3.63) is 24.3 Å². The second-order valence-electron chi connectivity index (χ2n) is 3.92. The van der Waals surface area contributed by atoms with E-state index in [0.29, 0.717) is 11.7 Å². The van der Waals surface area contributed by atoms with Crippen molar-refractivity contribution in [1.82, 2.24) is 9.97 Å². The minimum absolute atomic E-state index is 0.000224. The van der Waals surface area contributed by atoms with Crippen molar-refractivity contribution in [3.63, 3.8) is 0 Å². The SMILES string of the molecule is Nc1cc2ccc3cc(OCCO)[nH]c3c2[nH]1. The third-order valence-electron chi connectivity index (χ3n) is 2.73. The molecule has 0 radical (unpaired) electrons. The van der Waals surface area contributed by atoms with Gasteiger partial charge in [0.25, 0.3) is 0 Å². The zero-order valence-electron chi connectivity index (χ0n) is 9.16. The molecule has 88 valence electrons. The predicted octanol–water partition coefficient (Wildman–Crippen LogP) is 1.60. The molecule has 0 fully saturated rings. The summed E-state index contributed by atoms with van der Waals surface area (Å²) >= 11 is 0. The summed E-state index contributed by atoms with van der Waals surface area (Å²) in [6, 6.07) is 7.81. The Morgan fingerprint density at radius 2 is 1.82 bits per heavy atom. The van der Waals surface area contributed by atoms with Gasteiger partial charge in [0.1, 0.15) is 12.4 Å². The quantitative estimate of drug-likeness (QED) is 0.552. The number of H-pyrrole nitrogens is 2. The first kappa shape index (κ1) is 10.0. The number of aromatic amines is 2. The highest BCUT2D eigenvalue weighted by atomic mass is 16.5. The number of benzene rings is 1. The fraction of sp³-hybridized carbons (Fsp3) is 0.167. The minimum Gasteiger partial charge on any atom is -0.477 e. The lowest BCUT2D eigenvalue weighted by Gasteiger charge is -1.98. The molecule has 0 saturated heterocycles. The first-order valence-electron chi connectivity index (χ1n) is 5.41.